The predicted octanol–water partition coefficient (Wildman–Crippen LogP) is 2.10. The van der Waals surface area contributed by atoms with Crippen LogP contribution in [0.25, 0.3) is 0 Å². The molecule has 0 spiro atoms. The molecule has 0 aliphatic carbocycles. The first-order valence-electron chi connectivity index (χ1n) is 6.04. The second-order valence-corrected chi connectivity index (χ2v) is 6.54. The minimum Gasteiger partial charge on any atom is -0.476 e. The number of halogens is 1. The molecule has 0 unspecified atom stereocenters. The van der Waals surface area contributed by atoms with Crippen LogP contribution in [-0.4, -0.2) is 38.6 Å². The van der Waals surface area contributed by atoms with Gasteiger partial charge >= 0.3 is 12.1 Å². The van der Waals surface area contributed by atoms with Crippen molar-refractivity contribution in [3.63, 3.8) is 0 Å². The number of aromatic nitrogens is 2. The van der Waals surface area contributed by atoms with Gasteiger partial charge in [-0.15, -0.1) is 0 Å². The summed E-state index contributed by atoms with van der Waals surface area (Å²) in [5.41, 5.74) is -0.458. The molecule has 0 saturated heterocycles. The van der Waals surface area contributed by atoms with Gasteiger partial charge in [0, 0.05) is 6.04 Å². The van der Waals surface area contributed by atoms with Crippen molar-refractivity contribution in [1.82, 2.24) is 15.1 Å². The highest BCUT2D eigenvalue weighted by Crippen LogP contribution is 2.12. The lowest BCUT2D eigenvalue weighted by molar-refractivity contribution is 0.0503. The maximum atomic E-state index is 11.6. The van der Waals surface area contributed by atoms with Gasteiger partial charge in [-0.1, -0.05) is 0 Å². The van der Waals surface area contributed by atoms with Gasteiger partial charge in [0.2, 0.25) is 0 Å². The van der Waals surface area contributed by atoms with Crippen molar-refractivity contribution >= 4 is 34.7 Å². The first kappa shape index (κ1) is 16.7. The Morgan fingerprint density at radius 1 is 1.55 bits per heavy atom. The number of hydrogen-bond donors (Lipinski definition) is 2. The second kappa shape index (κ2) is 6.42. The van der Waals surface area contributed by atoms with E-state index >= 15 is 0 Å². The fourth-order valence-electron chi connectivity index (χ4n) is 1.53. The van der Waals surface area contributed by atoms with Gasteiger partial charge in [0.1, 0.15) is 5.60 Å². The van der Waals surface area contributed by atoms with E-state index in [0.29, 0.717) is 3.57 Å². The number of rotatable bonds is 4. The number of amides is 1. The Kier molecular flexibility index (Phi) is 5.37. The molecule has 20 heavy (non-hydrogen) atoms. The molecule has 1 heterocycles. The number of carboxylic acid groups (broad SMARTS) is 1. The third-order valence-electron chi connectivity index (χ3n) is 2.21. The van der Waals surface area contributed by atoms with Gasteiger partial charge in [-0.2, -0.15) is 5.10 Å². The van der Waals surface area contributed by atoms with E-state index in [1.165, 1.54) is 10.9 Å². The van der Waals surface area contributed by atoms with Gasteiger partial charge in [-0.3, -0.25) is 4.68 Å². The summed E-state index contributed by atoms with van der Waals surface area (Å²) in [4.78, 5) is 22.7. The third-order valence-corrected chi connectivity index (χ3v) is 3.00. The summed E-state index contributed by atoms with van der Waals surface area (Å²) >= 11 is 1.91. The molecule has 0 aliphatic heterocycles. The quantitative estimate of drug-likeness (QED) is 0.762. The molecule has 1 aromatic heterocycles. The van der Waals surface area contributed by atoms with Crippen LogP contribution in [0.4, 0.5) is 4.79 Å². The topological polar surface area (TPSA) is 93.5 Å². The smallest absolute Gasteiger partial charge is 0.407 e. The average Bonchev–Trinajstić information content (AvgIpc) is 2.55. The van der Waals surface area contributed by atoms with Crippen molar-refractivity contribution in [1.29, 1.82) is 0 Å². The molecule has 1 rings (SSSR count). The van der Waals surface area contributed by atoms with Crippen molar-refractivity contribution in [2.75, 3.05) is 0 Å². The van der Waals surface area contributed by atoms with Gasteiger partial charge in [-0.25, -0.2) is 9.59 Å². The van der Waals surface area contributed by atoms with Crippen LogP contribution in [0, 0.1) is 3.57 Å². The highest BCUT2D eigenvalue weighted by molar-refractivity contribution is 14.1. The lowest BCUT2D eigenvalue weighted by atomic mass is 10.2. The Labute approximate surface area is 130 Å². The van der Waals surface area contributed by atoms with E-state index in [1.807, 2.05) is 22.6 Å². The normalized spacial score (nSPS) is 12.8. The summed E-state index contributed by atoms with van der Waals surface area (Å²) in [6, 6.07) is -0.307. The zero-order chi connectivity index (χ0) is 15.5. The number of ether oxygens (including phenoxy) is 1. The molecule has 8 heteroatoms. The molecule has 0 saturated carbocycles. The summed E-state index contributed by atoms with van der Waals surface area (Å²) in [6.07, 6.45) is 0.938. The van der Waals surface area contributed by atoms with E-state index in [9.17, 15) is 9.59 Å². The zero-order valence-corrected chi connectivity index (χ0v) is 14.0. The standard InChI is InChI=1S/C12H18IN3O4/c1-7(15-11(19)20-12(2,3)4)6-16-9(10(17)18)8(13)5-14-16/h5,7H,6H2,1-4H3,(H,15,19)(H,17,18)/t7-/m1/s1. The van der Waals surface area contributed by atoms with Gasteiger partial charge < -0.3 is 15.2 Å². The second-order valence-electron chi connectivity index (χ2n) is 5.38. The number of carboxylic acids is 1. The van der Waals surface area contributed by atoms with Gasteiger partial charge in [0.05, 0.1) is 16.3 Å². The first-order chi connectivity index (χ1) is 9.10. The number of aromatic carboxylic acids is 1. The number of carbonyl (C=O) groups excluding carboxylic acids is 1. The molecule has 2 N–H and O–H groups in total. The molecular formula is C12H18IN3O4. The van der Waals surface area contributed by atoms with E-state index in [2.05, 4.69) is 10.4 Å². The maximum absolute atomic E-state index is 11.6. The van der Waals surface area contributed by atoms with E-state index in [1.54, 1.807) is 27.7 Å². The molecule has 7 nitrogen and oxygen atoms in total. The van der Waals surface area contributed by atoms with Crippen molar-refractivity contribution in [3.8, 4) is 0 Å². The molecule has 1 aromatic rings. The van der Waals surface area contributed by atoms with Crippen LogP contribution in [0.3, 0.4) is 0 Å². The highest BCUT2D eigenvalue weighted by atomic mass is 127. The van der Waals surface area contributed by atoms with Gasteiger partial charge in [0.15, 0.2) is 5.69 Å². The van der Waals surface area contributed by atoms with E-state index in [-0.39, 0.29) is 18.3 Å². The molecular weight excluding hydrogens is 377 g/mol. The van der Waals surface area contributed by atoms with Crippen LogP contribution in [0.1, 0.15) is 38.2 Å². The molecule has 0 aromatic carbocycles. The first-order valence-corrected chi connectivity index (χ1v) is 7.12. The lowest BCUT2D eigenvalue weighted by Gasteiger charge is -2.22. The zero-order valence-electron chi connectivity index (χ0n) is 11.8. The van der Waals surface area contributed by atoms with Crippen LogP contribution in [0.5, 0.6) is 0 Å². The van der Waals surface area contributed by atoms with Crippen LogP contribution < -0.4 is 5.32 Å². The minimum atomic E-state index is -1.05. The minimum absolute atomic E-state index is 0.114. The van der Waals surface area contributed by atoms with Crippen LogP contribution in [0.15, 0.2) is 6.20 Å². The van der Waals surface area contributed by atoms with Crippen molar-refractivity contribution in [2.24, 2.45) is 0 Å². The Bertz CT molecular complexity index is 507. The Balaban J connectivity index is 2.66. The summed E-state index contributed by atoms with van der Waals surface area (Å²) < 4.78 is 7.04. The SMILES string of the molecule is C[C@H](Cn1ncc(I)c1C(=O)O)NC(=O)OC(C)(C)C. The fraction of sp³-hybridized carbons (Fsp3) is 0.583. The molecule has 0 aliphatic rings. The van der Waals surface area contributed by atoms with Crippen molar-refractivity contribution in [2.45, 2.75) is 45.9 Å². The Hall–Kier alpha value is -1.32. The van der Waals surface area contributed by atoms with Crippen LogP contribution in [0.2, 0.25) is 0 Å². The molecule has 0 bridgehead atoms. The molecule has 112 valence electrons. The van der Waals surface area contributed by atoms with Crippen molar-refractivity contribution in [3.05, 3.63) is 15.5 Å². The van der Waals surface area contributed by atoms with Gasteiger partial charge in [0.25, 0.3) is 0 Å². The number of nitrogens with zero attached hydrogens (tertiary/aromatic N) is 2. The summed E-state index contributed by atoms with van der Waals surface area (Å²) in [5, 5.41) is 15.7. The van der Waals surface area contributed by atoms with E-state index in [4.69, 9.17) is 9.84 Å². The number of carbonyl (C=O) groups is 2. The fourth-order valence-corrected chi connectivity index (χ4v) is 2.16. The van der Waals surface area contributed by atoms with Gasteiger partial charge in [-0.05, 0) is 50.3 Å². The molecule has 1 amide bonds. The maximum Gasteiger partial charge on any atom is 0.407 e. The summed E-state index contributed by atoms with van der Waals surface area (Å²) in [7, 11) is 0. The summed E-state index contributed by atoms with van der Waals surface area (Å²) in [5.74, 6) is -1.05. The van der Waals surface area contributed by atoms with E-state index in [0.717, 1.165) is 0 Å². The van der Waals surface area contributed by atoms with Crippen molar-refractivity contribution < 1.29 is 19.4 Å². The average molecular weight is 395 g/mol. The van der Waals surface area contributed by atoms with Crippen LogP contribution >= 0.6 is 22.6 Å². The van der Waals surface area contributed by atoms with E-state index < -0.39 is 17.7 Å². The Morgan fingerprint density at radius 2 is 2.15 bits per heavy atom. The lowest BCUT2D eigenvalue weighted by Crippen LogP contribution is -2.40. The predicted molar refractivity (Wildman–Crippen MR) is 80.7 cm³/mol. The largest absolute Gasteiger partial charge is 0.476 e. The highest BCUT2D eigenvalue weighted by Gasteiger charge is 2.20. The monoisotopic (exact) mass is 395 g/mol. The summed E-state index contributed by atoms with van der Waals surface area (Å²) in [6.45, 7) is 7.33. The molecule has 1 atom stereocenters. The van der Waals surface area contributed by atoms with Crippen LogP contribution in [-0.2, 0) is 11.3 Å². The molecule has 0 radical (unpaired) electrons. The molecule has 0 fully saturated rings. The third kappa shape index (κ3) is 4.99. The number of alkyl carbamates (subject to hydrolysis) is 1. The number of hydrogen-bond acceptors (Lipinski definition) is 4. The number of nitrogens with one attached hydrogen (secondary N) is 1. The Morgan fingerprint density at radius 3 is 2.65 bits per heavy atom.